The minimum Gasteiger partial charge on any atom is -0.399 e. The molecule has 1 heterocycles. The zero-order valence-electron chi connectivity index (χ0n) is 18.6. The van der Waals surface area contributed by atoms with Gasteiger partial charge in [0.05, 0.1) is 17.0 Å². The SMILES string of the molecule is N#Cc1ccc(C(=O)N2CCC(c3ccc(N)cc3)CC2)cc1NS(=O)(=O)Cc1ccccc1. The van der Waals surface area contributed by atoms with Crippen LogP contribution in [-0.2, 0) is 15.8 Å². The van der Waals surface area contributed by atoms with Gasteiger partial charge in [0, 0.05) is 24.3 Å². The van der Waals surface area contributed by atoms with Gasteiger partial charge in [0.15, 0.2) is 0 Å². The van der Waals surface area contributed by atoms with Crippen molar-refractivity contribution in [2.75, 3.05) is 23.5 Å². The van der Waals surface area contributed by atoms with Crippen molar-refractivity contribution in [2.24, 2.45) is 0 Å². The van der Waals surface area contributed by atoms with Gasteiger partial charge in [-0.1, -0.05) is 42.5 Å². The van der Waals surface area contributed by atoms with E-state index in [0.29, 0.717) is 30.1 Å². The highest BCUT2D eigenvalue weighted by Gasteiger charge is 2.25. The minimum atomic E-state index is -3.76. The number of anilines is 2. The van der Waals surface area contributed by atoms with Crippen LogP contribution in [0.25, 0.3) is 0 Å². The van der Waals surface area contributed by atoms with Crippen LogP contribution in [0.5, 0.6) is 0 Å². The lowest BCUT2D eigenvalue weighted by Gasteiger charge is -2.32. The van der Waals surface area contributed by atoms with Crippen LogP contribution in [0.1, 0.15) is 45.8 Å². The molecule has 0 spiro atoms. The van der Waals surface area contributed by atoms with Crippen LogP contribution in [0.3, 0.4) is 0 Å². The predicted molar refractivity (Wildman–Crippen MR) is 133 cm³/mol. The Morgan fingerprint density at radius 2 is 1.71 bits per heavy atom. The molecule has 0 atom stereocenters. The fourth-order valence-electron chi connectivity index (χ4n) is 4.22. The first-order chi connectivity index (χ1) is 16.3. The largest absolute Gasteiger partial charge is 0.399 e. The molecule has 0 aliphatic carbocycles. The highest BCUT2D eigenvalue weighted by Crippen LogP contribution is 2.30. The molecule has 34 heavy (non-hydrogen) atoms. The van der Waals surface area contributed by atoms with Crippen LogP contribution in [0.4, 0.5) is 11.4 Å². The number of nitriles is 1. The first-order valence-corrected chi connectivity index (χ1v) is 12.7. The number of nitrogen functional groups attached to an aromatic ring is 1. The van der Waals surface area contributed by atoms with Crippen LogP contribution >= 0.6 is 0 Å². The van der Waals surface area contributed by atoms with Crippen LogP contribution < -0.4 is 10.5 Å². The average Bonchev–Trinajstić information content (AvgIpc) is 2.84. The summed E-state index contributed by atoms with van der Waals surface area (Å²) in [5.41, 5.74) is 8.98. The number of hydrogen-bond acceptors (Lipinski definition) is 5. The molecule has 1 fully saturated rings. The predicted octanol–water partition coefficient (Wildman–Crippen LogP) is 4.10. The summed E-state index contributed by atoms with van der Waals surface area (Å²) in [5.74, 6) is -0.0371. The number of hydrogen-bond donors (Lipinski definition) is 2. The second-order valence-corrected chi connectivity index (χ2v) is 10.2. The molecule has 1 aliphatic heterocycles. The molecule has 7 nitrogen and oxygen atoms in total. The minimum absolute atomic E-state index is 0.112. The number of likely N-dealkylation sites (tertiary alicyclic amines) is 1. The lowest BCUT2D eigenvalue weighted by molar-refractivity contribution is 0.0713. The normalized spacial score (nSPS) is 14.4. The third-order valence-corrected chi connectivity index (χ3v) is 7.29. The number of rotatable bonds is 6. The quantitative estimate of drug-likeness (QED) is 0.522. The molecule has 8 heteroatoms. The zero-order chi connectivity index (χ0) is 24.1. The third kappa shape index (κ3) is 5.56. The van der Waals surface area contributed by atoms with Crippen molar-refractivity contribution in [2.45, 2.75) is 24.5 Å². The fourth-order valence-corrected chi connectivity index (χ4v) is 5.43. The van der Waals surface area contributed by atoms with Gasteiger partial charge < -0.3 is 10.6 Å². The van der Waals surface area contributed by atoms with Crippen LogP contribution in [0.15, 0.2) is 72.8 Å². The Hall–Kier alpha value is -3.83. The number of piperidine rings is 1. The Morgan fingerprint density at radius 1 is 1.03 bits per heavy atom. The molecule has 0 unspecified atom stereocenters. The fraction of sp³-hybridized carbons (Fsp3) is 0.231. The van der Waals surface area contributed by atoms with Gasteiger partial charge in [0.2, 0.25) is 10.0 Å². The molecule has 3 N–H and O–H groups in total. The van der Waals surface area contributed by atoms with E-state index in [1.807, 2.05) is 36.4 Å². The number of nitrogens with zero attached hydrogens (tertiary/aromatic N) is 2. The number of nitrogens with one attached hydrogen (secondary N) is 1. The van der Waals surface area contributed by atoms with Crippen LogP contribution in [0, 0.1) is 11.3 Å². The lowest BCUT2D eigenvalue weighted by atomic mass is 9.89. The number of sulfonamides is 1. The first kappa shape index (κ1) is 23.3. The number of benzene rings is 3. The second-order valence-electron chi connectivity index (χ2n) is 8.45. The molecular formula is C26H26N4O3S. The highest BCUT2D eigenvalue weighted by molar-refractivity contribution is 7.91. The van der Waals surface area contributed by atoms with Gasteiger partial charge in [-0.3, -0.25) is 9.52 Å². The molecule has 0 radical (unpaired) electrons. The smallest absolute Gasteiger partial charge is 0.253 e. The maximum atomic E-state index is 13.1. The summed E-state index contributed by atoms with van der Waals surface area (Å²) in [6.45, 7) is 1.20. The molecular weight excluding hydrogens is 448 g/mol. The molecule has 1 aliphatic rings. The molecule has 1 amide bonds. The van der Waals surface area contributed by atoms with Crippen LogP contribution in [0.2, 0.25) is 0 Å². The van der Waals surface area contributed by atoms with E-state index in [-0.39, 0.29) is 22.9 Å². The number of carbonyl (C=O) groups is 1. The van der Waals surface area contributed by atoms with E-state index in [1.54, 1.807) is 35.2 Å². The van der Waals surface area contributed by atoms with Gasteiger partial charge >= 0.3 is 0 Å². The van der Waals surface area contributed by atoms with E-state index in [9.17, 15) is 18.5 Å². The summed E-state index contributed by atoms with van der Waals surface area (Å²) in [4.78, 5) is 14.9. The van der Waals surface area contributed by atoms with Crippen molar-refractivity contribution in [1.82, 2.24) is 4.90 Å². The maximum Gasteiger partial charge on any atom is 0.253 e. The standard InChI is InChI=1S/C26H26N4O3S/c27-17-23-7-6-22(16-25(23)29-34(32,33)18-19-4-2-1-3-5-19)26(31)30-14-12-21(13-15-30)20-8-10-24(28)11-9-20/h1-11,16,21,29H,12-15,18,28H2. The molecule has 3 aromatic carbocycles. The molecule has 0 saturated carbocycles. The van der Waals surface area contributed by atoms with Crippen molar-refractivity contribution in [3.63, 3.8) is 0 Å². The van der Waals surface area contributed by atoms with Gasteiger partial charge in [-0.05, 0) is 60.2 Å². The summed E-state index contributed by atoms with van der Waals surface area (Å²) in [7, 11) is -3.76. The Kier molecular flexibility index (Phi) is 6.85. The molecule has 4 rings (SSSR count). The highest BCUT2D eigenvalue weighted by atomic mass is 32.2. The zero-order valence-corrected chi connectivity index (χ0v) is 19.5. The van der Waals surface area contributed by atoms with E-state index in [4.69, 9.17) is 5.73 Å². The average molecular weight is 475 g/mol. The number of nitrogens with two attached hydrogens (primary N) is 1. The molecule has 174 valence electrons. The topological polar surface area (TPSA) is 116 Å². The van der Waals surface area contributed by atoms with Gasteiger partial charge in [-0.15, -0.1) is 0 Å². The van der Waals surface area contributed by atoms with Crippen LogP contribution in [-0.4, -0.2) is 32.3 Å². The number of amides is 1. The van der Waals surface area contributed by atoms with Gasteiger partial charge in [0.1, 0.15) is 6.07 Å². The summed E-state index contributed by atoms with van der Waals surface area (Å²) in [6, 6.07) is 23.1. The molecule has 0 bridgehead atoms. The monoisotopic (exact) mass is 474 g/mol. The molecule has 1 saturated heterocycles. The van der Waals surface area contributed by atoms with E-state index >= 15 is 0 Å². The van der Waals surface area contributed by atoms with E-state index in [2.05, 4.69) is 4.72 Å². The van der Waals surface area contributed by atoms with Crippen molar-refractivity contribution in [3.05, 3.63) is 95.1 Å². The lowest BCUT2D eigenvalue weighted by Crippen LogP contribution is -2.38. The first-order valence-electron chi connectivity index (χ1n) is 11.1. The summed E-state index contributed by atoms with van der Waals surface area (Å²) in [5, 5.41) is 9.45. The Balaban J connectivity index is 1.46. The Labute approximate surface area is 199 Å². The summed E-state index contributed by atoms with van der Waals surface area (Å²) in [6.07, 6.45) is 1.67. The Bertz CT molecular complexity index is 1310. The van der Waals surface area contributed by atoms with E-state index in [1.165, 1.54) is 17.7 Å². The second kappa shape index (κ2) is 9.98. The van der Waals surface area contributed by atoms with Crippen molar-refractivity contribution < 1.29 is 13.2 Å². The van der Waals surface area contributed by atoms with Gasteiger partial charge in [-0.2, -0.15) is 5.26 Å². The molecule has 3 aromatic rings. The van der Waals surface area contributed by atoms with Gasteiger partial charge in [0.25, 0.3) is 5.91 Å². The van der Waals surface area contributed by atoms with E-state index in [0.717, 1.165) is 18.5 Å². The summed E-state index contributed by atoms with van der Waals surface area (Å²) < 4.78 is 27.9. The number of carbonyl (C=O) groups excluding carboxylic acids is 1. The van der Waals surface area contributed by atoms with Crippen molar-refractivity contribution in [1.29, 1.82) is 5.26 Å². The van der Waals surface area contributed by atoms with E-state index < -0.39 is 10.0 Å². The van der Waals surface area contributed by atoms with Crippen molar-refractivity contribution in [3.8, 4) is 6.07 Å². The Morgan fingerprint density at radius 3 is 2.35 bits per heavy atom. The summed E-state index contributed by atoms with van der Waals surface area (Å²) >= 11 is 0. The van der Waals surface area contributed by atoms with Crippen molar-refractivity contribution >= 4 is 27.3 Å². The third-order valence-electron chi connectivity index (χ3n) is 6.04. The molecule has 0 aromatic heterocycles. The van der Waals surface area contributed by atoms with Gasteiger partial charge in [-0.25, -0.2) is 8.42 Å². The maximum absolute atomic E-state index is 13.1.